The van der Waals surface area contributed by atoms with E-state index in [9.17, 15) is 9.59 Å². The summed E-state index contributed by atoms with van der Waals surface area (Å²) in [5.41, 5.74) is 3.12. The van der Waals surface area contributed by atoms with Gasteiger partial charge in [0.1, 0.15) is 18.5 Å². The van der Waals surface area contributed by atoms with Crippen LogP contribution in [0.5, 0.6) is 0 Å². The smallest absolute Gasteiger partial charge is 0.309 e. The Labute approximate surface area is 388 Å². The van der Waals surface area contributed by atoms with Crippen LogP contribution in [0.3, 0.4) is 0 Å². The first-order chi connectivity index (χ1) is 30.8. The number of hydrogen-bond acceptors (Lipinski definition) is 6. The molecule has 7 saturated carbocycles. The van der Waals surface area contributed by atoms with E-state index < -0.39 is 16.4 Å². The lowest BCUT2D eigenvalue weighted by Gasteiger charge is -2.73. The van der Waals surface area contributed by atoms with Gasteiger partial charge >= 0.3 is 11.9 Å². The number of ether oxygens (including phenoxy) is 2. The summed E-state index contributed by atoms with van der Waals surface area (Å²) in [4.78, 5) is 51.0. The zero-order valence-corrected chi connectivity index (χ0v) is 40.6. The summed E-state index contributed by atoms with van der Waals surface area (Å²) in [5, 5.41) is 3.70. The number of rotatable bonds is 10. The highest BCUT2D eigenvalue weighted by Crippen LogP contribution is 2.78. The predicted molar refractivity (Wildman–Crippen MR) is 254 cm³/mol. The van der Waals surface area contributed by atoms with Crippen molar-refractivity contribution < 1.29 is 23.9 Å². The maximum atomic E-state index is 15.2. The van der Waals surface area contributed by atoms with Crippen LogP contribution in [0.2, 0.25) is 0 Å². The second-order valence-corrected chi connectivity index (χ2v) is 24.4. The number of H-pyrrole nitrogens is 1. The van der Waals surface area contributed by atoms with Gasteiger partial charge in [-0.25, -0.2) is 4.98 Å². The van der Waals surface area contributed by atoms with E-state index in [1.54, 1.807) is 0 Å². The van der Waals surface area contributed by atoms with Gasteiger partial charge in [0.05, 0.1) is 34.7 Å². The summed E-state index contributed by atoms with van der Waals surface area (Å²) in [6.07, 6.45) is 14.6. The van der Waals surface area contributed by atoms with Gasteiger partial charge in [-0.1, -0.05) is 121 Å². The first-order valence-corrected chi connectivity index (χ1v) is 25.3. The van der Waals surface area contributed by atoms with Gasteiger partial charge in [-0.3, -0.25) is 14.4 Å². The Morgan fingerprint density at radius 2 is 1.43 bits per heavy atom. The molecule has 1 aromatic heterocycles. The van der Waals surface area contributed by atoms with Crippen molar-refractivity contribution in [3.63, 3.8) is 0 Å². The highest BCUT2D eigenvalue weighted by molar-refractivity contribution is 5.85. The second-order valence-electron chi connectivity index (χ2n) is 24.4. The van der Waals surface area contributed by atoms with Gasteiger partial charge in [0.2, 0.25) is 5.91 Å². The second kappa shape index (κ2) is 15.4. The van der Waals surface area contributed by atoms with Crippen LogP contribution in [0.15, 0.2) is 79.0 Å². The van der Waals surface area contributed by atoms with Crippen LogP contribution in [0, 0.1) is 73.9 Å². The van der Waals surface area contributed by atoms with E-state index >= 15 is 4.79 Å². The fraction of sp³-hybridized carbons (Fsp3) is 0.649. The molecule has 2 N–H and O–H groups in total. The average Bonchev–Trinajstić information content (AvgIpc) is 3.66. The minimum absolute atomic E-state index is 0.0985. The predicted octanol–water partition coefficient (Wildman–Crippen LogP) is 12.2. The van der Waals surface area contributed by atoms with Gasteiger partial charge in [-0.15, -0.1) is 0 Å². The number of hydrogen-bond donors (Lipinski definition) is 2. The van der Waals surface area contributed by atoms with Crippen LogP contribution >= 0.6 is 0 Å². The first kappa shape index (κ1) is 44.6. The first-order valence-electron chi connectivity index (χ1n) is 25.3. The molecule has 7 aliphatic carbocycles. The monoisotopic (exact) mass is 882 g/mol. The molecule has 348 valence electrons. The maximum Gasteiger partial charge on any atom is 0.309 e. The van der Waals surface area contributed by atoms with E-state index in [1.807, 2.05) is 68.6 Å². The molecule has 12 atom stereocenters. The lowest BCUT2D eigenvalue weighted by molar-refractivity contribution is -0.251. The summed E-state index contributed by atoms with van der Waals surface area (Å²) in [7, 11) is 0. The van der Waals surface area contributed by atoms with Gasteiger partial charge in [0, 0.05) is 5.41 Å². The molecule has 65 heavy (non-hydrogen) atoms. The fourth-order valence-electron chi connectivity index (χ4n) is 16.7. The number of nitrogens with zero attached hydrogens (tertiary/aromatic N) is 1. The topological polar surface area (TPSA) is 110 Å². The summed E-state index contributed by atoms with van der Waals surface area (Å²) in [6.45, 7) is 23.8. The van der Waals surface area contributed by atoms with Crippen molar-refractivity contribution >= 4 is 17.8 Å². The molecular weight excluding hydrogens is 807 g/mol. The Morgan fingerprint density at radius 3 is 2.11 bits per heavy atom. The number of nitrogens with one attached hydrogen (secondary N) is 2. The van der Waals surface area contributed by atoms with Crippen molar-refractivity contribution in [2.45, 2.75) is 157 Å². The number of carbonyl (C=O) groups excluding carboxylic acids is 3. The van der Waals surface area contributed by atoms with Crippen LogP contribution in [0.4, 0.5) is 0 Å². The highest BCUT2D eigenvalue weighted by atomic mass is 16.5. The molecule has 1 heterocycles. The Balaban J connectivity index is 0.839. The third kappa shape index (κ3) is 6.69. The maximum absolute atomic E-state index is 15.2. The van der Waals surface area contributed by atoms with Crippen molar-refractivity contribution in [3.8, 4) is 11.3 Å². The molecule has 0 aliphatic heterocycles. The van der Waals surface area contributed by atoms with Gasteiger partial charge in [0.15, 0.2) is 0 Å². The third-order valence-electron chi connectivity index (χ3n) is 21.0. The Morgan fingerprint density at radius 1 is 0.738 bits per heavy atom. The van der Waals surface area contributed by atoms with Crippen LogP contribution in [0.25, 0.3) is 11.3 Å². The Bertz CT molecular complexity index is 2350. The zero-order valence-electron chi connectivity index (χ0n) is 40.6. The Kier molecular flexibility index (Phi) is 10.6. The molecular formula is C57H75N3O5. The van der Waals surface area contributed by atoms with E-state index in [0.717, 1.165) is 93.3 Å². The average molecular weight is 882 g/mol. The van der Waals surface area contributed by atoms with Crippen LogP contribution in [-0.4, -0.2) is 33.9 Å². The molecule has 7 aliphatic rings. The summed E-state index contributed by atoms with van der Waals surface area (Å²) >= 11 is 0. The van der Waals surface area contributed by atoms with Crippen LogP contribution in [0.1, 0.15) is 150 Å². The number of carbonyl (C=O) groups is 3. The van der Waals surface area contributed by atoms with E-state index in [0.29, 0.717) is 30.1 Å². The minimum Gasteiger partial charge on any atom is -0.462 e. The lowest BCUT2D eigenvalue weighted by Crippen LogP contribution is -2.67. The molecule has 0 radical (unpaired) electrons. The SMILES string of the molecule is C=C(C)[C@@H]1CC[C@]2(C(=O)NC3(c4ncc(-c5ccccc5)[nH]4)CC3)CC[C@]3(C)[C@H](CC[C@@H]4[C@@]5(C)CC[C@H](OC(=O)[C@H]6C[C@@H](C(=O)OCc7ccccc7)C6(C)C)C(C)(C)[C@@H]5CC[C@]43C)[C@@H]12. The van der Waals surface area contributed by atoms with E-state index in [2.05, 4.69) is 70.6 Å². The molecule has 0 saturated heterocycles. The minimum atomic E-state index is -0.523. The molecule has 1 amide bonds. The number of imidazole rings is 1. The van der Waals surface area contributed by atoms with E-state index in [-0.39, 0.29) is 70.0 Å². The van der Waals surface area contributed by atoms with Crippen molar-refractivity contribution in [1.29, 1.82) is 0 Å². The lowest BCUT2D eigenvalue weighted by atomic mass is 9.32. The molecule has 0 unspecified atom stereocenters. The zero-order chi connectivity index (χ0) is 46.0. The Hall–Kier alpha value is -4.20. The third-order valence-corrected chi connectivity index (χ3v) is 21.0. The number of esters is 2. The number of aromatic amines is 1. The molecule has 7 fully saturated rings. The molecule has 8 nitrogen and oxygen atoms in total. The van der Waals surface area contributed by atoms with Crippen molar-refractivity contribution in [2.24, 2.45) is 73.9 Å². The normalized spacial score (nSPS) is 39.2. The van der Waals surface area contributed by atoms with Gasteiger partial charge in [-0.05, 0) is 153 Å². The van der Waals surface area contributed by atoms with Gasteiger partial charge < -0.3 is 19.8 Å². The summed E-state index contributed by atoms with van der Waals surface area (Å²) < 4.78 is 12.3. The number of amides is 1. The molecule has 0 spiro atoms. The number of aromatic nitrogens is 2. The van der Waals surface area contributed by atoms with Crippen molar-refractivity contribution in [1.82, 2.24) is 15.3 Å². The number of benzene rings is 2. The fourth-order valence-corrected chi connectivity index (χ4v) is 16.7. The molecule has 10 rings (SSSR count). The highest BCUT2D eigenvalue weighted by Gasteiger charge is 2.72. The quantitative estimate of drug-likeness (QED) is 0.155. The molecule has 0 bridgehead atoms. The van der Waals surface area contributed by atoms with Crippen molar-refractivity contribution in [3.05, 3.63) is 90.4 Å². The summed E-state index contributed by atoms with van der Waals surface area (Å²) in [6, 6.07) is 20.1. The number of allylic oxidation sites excluding steroid dienone is 1. The van der Waals surface area contributed by atoms with Gasteiger partial charge in [0.25, 0.3) is 0 Å². The van der Waals surface area contributed by atoms with E-state index in [1.165, 1.54) is 12.0 Å². The molecule has 2 aromatic carbocycles. The summed E-state index contributed by atoms with van der Waals surface area (Å²) in [5.74, 6) is 2.18. The largest absolute Gasteiger partial charge is 0.462 e. The van der Waals surface area contributed by atoms with Crippen molar-refractivity contribution in [2.75, 3.05) is 0 Å². The van der Waals surface area contributed by atoms with Gasteiger partial charge in [-0.2, -0.15) is 0 Å². The number of fused-ring (bicyclic) bond motifs is 7. The molecule has 8 heteroatoms. The molecule has 3 aromatic rings. The van der Waals surface area contributed by atoms with Crippen LogP contribution in [-0.2, 0) is 36.0 Å². The standard InChI is InChI=1S/C57H75N3O5/c1-35(2)38-22-27-56(50(63)60-57(30-31-57)49-58-33-42(59-49)37-18-14-11-15-19-37)29-28-54(8)39(46(38)56)20-21-44-53(7)25-24-45(52(5,6)43(53)23-26-55(44,54)9)65-48(62)41-32-40(51(41,3)4)47(61)64-34-36-16-12-10-13-17-36/h10-19,33,38-41,43-46H,1,20-32,34H2,2-9H3,(H,58,59)(H,60,63)/t38-,39+,40-,41+,43-,44+,45-,46+,53-,54+,55+,56-/m0/s1. The van der Waals surface area contributed by atoms with E-state index in [4.69, 9.17) is 14.5 Å². The van der Waals surface area contributed by atoms with Crippen LogP contribution < -0.4 is 5.32 Å².